The molecule has 0 radical (unpaired) electrons. The van der Waals surface area contributed by atoms with Crippen LogP contribution in [-0.2, 0) is 19.5 Å². The van der Waals surface area contributed by atoms with Crippen LogP contribution in [0, 0.1) is 0 Å². The van der Waals surface area contributed by atoms with Crippen LogP contribution in [0.5, 0.6) is 0 Å². The highest BCUT2D eigenvalue weighted by molar-refractivity contribution is 4.84. The first kappa shape index (κ1) is 17.3. The maximum atomic E-state index is 2.49. The Labute approximate surface area is 126 Å². The van der Waals surface area contributed by atoms with Crippen molar-refractivity contribution in [3.05, 3.63) is 18.2 Å². The van der Waals surface area contributed by atoms with Gasteiger partial charge in [0.15, 0.2) is 0 Å². The number of nitrogens with zero attached hydrogens (tertiary/aromatic N) is 2. The quantitative estimate of drug-likeness (QED) is 0.380. The number of unbranched alkanes of at least 4 members (excludes halogenated alkanes) is 6. The summed E-state index contributed by atoms with van der Waals surface area (Å²) in [5.74, 6) is 1.55. The minimum absolute atomic E-state index is 1.17. The van der Waals surface area contributed by atoms with E-state index in [1.165, 1.54) is 77.3 Å². The van der Waals surface area contributed by atoms with Crippen LogP contribution in [0.4, 0.5) is 0 Å². The molecule has 2 nitrogen and oxygen atoms in total. The fourth-order valence-corrected chi connectivity index (χ4v) is 2.83. The molecule has 0 N–H and O–H groups in total. The SMILES string of the molecule is CCCCCCCCc1n(CCCC)cc[n+]1CCC. The molecule has 0 fully saturated rings. The predicted octanol–water partition coefficient (Wildman–Crippen LogP) is 4.89. The summed E-state index contributed by atoms with van der Waals surface area (Å²) in [6, 6.07) is 0. The molecule has 1 aromatic rings. The molecular weight excluding hydrogens is 244 g/mol. The Morgan fingerprint density at radius 2 is 1.55 bits per heavy atom. The summed E-state index contributed by atoms with van der Waals surface area (Å²) in [6.07, 6.45) is 18.0. The molecule has 20 heavy (non-hydrogen) atoms. The van der Waals surface area contributed by atoms with Crippen molar-refractivity contribution in [3.8, 4) is 0 Å². The second-order valence-electron chi connectivity index (χ2n) is 5.97. The van der Waals surface area contributed by atoms with Gasteiger partial charge in [0.1, 0.15) is 12.4 Å². The van der Waals surface area contributed by atoms with Crippen LogP contribution < -0.4 is 4.57 Å². The molecule has 0 atom stereocenters. The largest absolute Gasteiger partial charge is 0.256 e. The lowest BCUT2D eigenvalue weighted by atomic mass is 10.1. The summed E-state index contributed by atoms with van der Waals surface area (Å²) in [7, 11) is 0. The highest BCUT2D eigenvalue weighted by atomic mass is 15.1. The Morgan fingerprint density at radius 1 is 0.850 bits per heavy atom. The van der Waals surface area contributed by atoms with Gasteiger partial charge < -0.3 is 0 Å². The van der Waals surface area contributed by atoms with Gasteiger partial charge in [-0.1, -0.05) is 59.3 Å². The van der Waals surface area contributed by atoms with Crippen molar-refractivity contribution in [2.75, 3.05) is 0 Å². The number of aryl methyl sites for hydroxylation is 2. The van der Waals surface area contributed by atoms with Crippen molar-refractivity contribution >= 4 is 0 Å². The summed E-state index contributed by atoms with van der Waals surface area (Å²) in [5.41, 5.74) is 0. The van der Waals surface area contributed by atoms with Gasteiger partial charge in [0.05, 0.1) is 13.1 Å². The smallest absolute Gasteiger partial charge is 0.234 e. The molecule has 0 saturated heterocycles. The zero-order valence-corrected chi connectivity index (χ0v) is 14.0. The molecule has 1 heterocycles. The Hall–Kier alpha value is -0.790. The first-order chi connectivity index (χ1) is 9.83. The zero-order valence-electron chi connectivity index (χ0n) is 14.0. The van der Waals surface area contributed by atoms with Crippen molar-refractivity contribution in [1.82, 2.24) is 4.57 Å². The summed E-state index contributed by atoms with van der Waals surface area (Å²) in [4.78, 5) is 0. The second-order valence-corrected chi connectivity index (χ2v) is 5.97. The highest BCUT2D eigenvalue weighted by Gasteiger charge is 2.15. The molecule has 0 bridgehead atoms. The molecule has 1 rings (SSSR count). The topological polar surface area (TPSA) is 8.81 Å². The fourth-order valence-electron chi connectivity index (χ4n) is 2.83. The van der Waals surface area contributed by atoms with E-state index in [9.17, 15) is 0 Å². The minimum atomic E-state index is 1.17. The molecule has 0 saturated carbocycles. The van der Waals surface area contributed by atoms with E-state index >= 15 is 0 Å². The molecule has 0 aliphatic rings. The second kappa shape index (κ2) is 10.9. The van der Waals surface area contributed by atoms with Gasteiger partial charge in [-0.2, -0.15) is 0 Å². The van der Waals surface area contributed by atoms with Crippen molar-refractivity contribution in [2.45, 2.75) is 98.1 Å². The van der Waals surface area contributed by atoms with Gasteiger partial charge in [-0.25, -0.2) is 9.13 Å². The van der Waals surface area contributed by atoms with Crippen LogP contribution in [0.2, 0.25) is 0 Å². The van der Waals surface area contributed by atoms with Crippen molar-refractivity contribution in [3.63, 3.8) is 0 Å². The van der Waals surface area contributed by atoms with Crippen LogP contribution >= 0.6 is 0 Å². The Bertz CT molecular complexity index is 341. The number of imidazole rings is 1. The van der Waals surface area contributed by atoms with Crippen molar-refractivity contribution < 1.29 is 4.57 Å². The lowest BCUT2D eigenvalue weighted by Crippen LogP contribution is -2.37. The third kappa shape index (κ3) is 6.11. The molecule has 0 unspecified atom stereocenters. The van der Waals surface area contributed by atoms with Gasteiger partial charge in [0.2, 0.25) is 0 Å². The van der Waals surface area contributed by atoms with E-state index in [2.05, 4.69) is 42.3 Å². The number of hydrogen-bond acceptors (Lipinski definition) is 0. The molecule has 0 amide bonds. The van der Waals surface area contributed by atoms with Gasteiger partial charge >= 0.3 is 0 Å². The summed E-state index contributed by atoms with van der Waals surface area (Å²) < 4.78 is 4.97. The standard InChI is InChI=1S/C18H35N2/c1-4-7-9-10-11-12-13-18-19(14-6-3)16-17-20(18)15-8-5-2/h16-17H,4-15H2,1-3H3/q+1. The van der Waals surface area contributed by atoms with Gasteiger partial charge in [-0.15, -0.1) is 0 Å². The first-order valence-electron chi connectivity index (χ1n) is 8.90. The Kier molecular flexibility index (Phi) is 9.44. The van der Waals surface area contributed by atoms with E-state index in [4.69, 9.17) is 0 Å². The van der Waals surface area contributed by atoms with E-state index in [1.54, 1.807) is 5.82 Å². The average molecular weight is 279 g/mol. The molecule has 0 aromatic carbocycles. The van der Waals surface area contributed by atoms with E-state index in [1.807, 2.05) is 0 Å². The Balaban J connectivity index is 2.44. The van der Waals surface area contributed by atoms with E-state index in [0.29, 0.717) is 0 Å². The molecular formula is C18H35N2+. The summed E-state index contributed by atoms with van der Waals surface area (Å²) in [6.45, 7) is 9.19. The van der Waals surface area contributed by atoms with Gasteiger partial charge in [-0.3, -0.25) is 0 Å². The predicted molar refractivity (Wildman–Crippen MR) is 86.9 cm³/mol. The molecule has 116 valence electrons. The van der Waals surface area contributed by atoms with Crippen LogP contribution in [0.1, 0.15) is 84.4 Å². The molecule has 0 aliphatic carbocycles. The molecule has 2 heteroatoms. The lowest BCUT2D eigenvalue weighted by molar-refractivity contribution is -0.703. The summed E-state index contributed by atoms with van der Waals surface area (Å²) >= 11 is 0. The number of rotatable bonds is 12. The third-order valence-corrected chi connectivity index (χ3v) is 4.06. The fraction of sp³-hybridized carbons (Fsp3) is 0.833. The van der Waals surface area contributed by atoms with Crippen LogP contribution in [0.3, 0.4) is 0 Å². The van der Waals surface area contributed by atoms with Crippen molar-refractivity contribution in [2.24, 2.45) is 0 Å². The van der Waals surface area contributed by atoms with Gasteiger partial charge in [-0.05, 0) is 19.3 Å². The Morgan fingerprint density at radius 3 is 2.25 bits per heavy atom. The van der Waals surface area contributed by atoms with E-state index in [0.717, 1.165) is 0 Å². The molecule has 1 aromatic heterocycles. The third-order valence-electron chi connectivity index (χ3n) is 4.06. The van der Waals surface area contributed by atoms with Gasteiger partial charge in [0.25, 0.3) is 5.82 Å². The van der Waals surface area contributed by atoms with Crippen molar-refractivity contribution in [1.29, 1.82) is 0 Å². The van der Waals surface area contributed by atoms with Gasteiger partial charge in [0, 0.05) is 6.42 Å². The minimum Gasteiger partial charge on any atom is -0.234 e. The summed E-state index contributed by atoms with van der Waals surface area (Å²) in [5, 5.41) is 0. The lowest BCUT2D eigenvalue weighted by Gasteiger charge is -2.05. The number of aromatic nitrogens is 2. The average Bonchev–Trinajstić information content (AvgIpc) is 2.83. The maximum absolute atomic E-state index is 2.49. The van der Waals surface area contributed by atoms with E-state index < -0.39 is 0 Å². The molecule has 0 spiro atoms. The first-order valence-corrected chi connectivity index (χ1v) is 8.90. The molecule has 0 aliphatic heterocycles. The van der Waals surface area contributed by atoms with Crippen LogP contribution in [-0.4, -0.2) is 4.57 Å². The van der Waals surface area contributed by atoms with Crippen LogP contribution in [0.15, 0.2) is 12.4 Å². The highest BCUT2D eigenvalue weighted by Crippen LogP contribution is 2.09. The monoisotopic (exact) mass is 279 g/mol. The zero-order chi connectivity index (χ0) is 14.6. The van der Waals surface area contributed by atoms with E-state index in [-0.39, 0.29) is 0 Å². The maximum Gasteiger partial charge on any atom is 0.256 e. The normalized spacial score (nSPS) is 11.2. The number of hydrogen-bond donors (Lipinski definition) is 0. The van der Waals surface area contributed by atoms with Crippen LogP contribution in [0.25, 0.3) is 0 Å².